The zero-order valence-electron chi connectivity index (χ0n) is 15.0. The molecule has 0 bridgehead atoms. The van der Waals surface area contributed by atoms with Gasteiger partial charge in [0.25, 0.3) is 0 Å². The predicted octanol–water partition coefficient (Wildman–Crippen LogP) is 7.15. The fourth-order valence-corrected chi connectivity index (χ4v) is 4.39. The van der Waals surface area contributed by atoms with Crippen LogP contribution in [-0.4, -0.2) is 6.18 Å². The lowest BCUT2D eigenvalue weighted by Crippen LogP contribution is -2.28. The van der Waals surface area contributed by atoms with Crippen molar-refractivity contribution in [3.05, 3.63) is 11.6 Å². The number of hydrogen-bond acceptors (Lipinski definition) is 0. The van der Waals surface area contributed by atoms with Crippen molar-refractivity contribution in [3.63, 3.8) is 0 Å². The van der Waals surface area contributed by atoms with Crippen LogP contribution in [-0.2, 0) is 0 Å². The van der Waals surface area contributed by atoms with E-state index in [1.807, 2.05) is 0 Å². The van der Waals surface area contributed by atoms with Crippen molar-refractivity contribution < 1.29 is 13.2 Å². The minimum atomic E-state index is -3.98. The van der Waals surface area contributed by atoms with Crippen molar-refractivity contribution in [3.8, 4) is 0 Å². The lowest BCUT2D eigenvalue weighted by atomic mass is 9.72. The summed E-state index contributed by atoms with van der Waals surface area (Å²) in [6, 6.07) is 0. The Morgan fingerprint density at radius 2 is 1.65 bits per heavy atom. The van der Waals surface area contributed by atoms with E-state index in [0.717, 1.165) is 43.4 Å². The van der Waals surface area contributed by atoms with Gasteiger partial charge in [0.15, 0.2) is 0 Å². The summed E-state index contributed by atoms with van der Waals surface area (Å²) in [4.78, 5) is 0. The van der Waals surface area contributed by atoms with Gasteiger partial charge < -0.3 is 0 Å². The van der Waals surface area contributed by atoms with E-state index in [0.29, 0.717) is 18.8 Å². The maximum absolute atomic E-state index is 12.8. The molecule has 2 atom stereocenters. The summed E-state index contributed by atoms with van der Waals surface area (Å²) >= 11 is 0. The third-order valence-corrected chi connectivity index (χ3v) is 6.21. The maximum atomic E-state index is 12.8. The molecule has 0 aromatic heterocycles. The summed E-state index contributed by atoms with van der Waals surface area (Å²) in [6.45, 7) is 6.94. The van der Waals surface area contributed by atoms with Crippen molar-refractivity contribution in [2.24, 2.45) is 29.6 Å². The van der Waals surface area contributed by atoms with Crippen LogP contribution in [0.2, 0.25) is 0 Å². The van der Waals surface area contributed by atoms with Gasteiger partial charge in [0.2, 0.25) is 0 Å². The van der Waals surface area contributed by atoms with Crippen LogP contribution in [0, 0.1) is 29.6 Å². The lowest BCUT2D eigenvalue weighted by molar-refractivity contribution is -0.183. The number of rotatable bonds is 5. The van der Waals surface area contributed by atoms with Gasteiger partial charge in [0.05, 0.1) is 5.92 Å². The van der Waals surface area contributed by atoms with Crippen molar-refractivity contribution in [1.29, 1.82) is 0 Å². The van der Waals surface area contributed by atoms with Crippen LogP contribution in [0.1, 0.15) is 78.6 Å². The fourth-order valence-electron chi connectivity index (χ4n) is 4.39. The first-order valence-corrected chi connectivity index (χ1v) is 9.53. The molecule has 0 saturated heterocycles. The molecule has 134 valence electrons. The molecule has 0 aromatic carbocycles. The third kappa shape index (κ3) is 5.53. The highest BCUT2D eigenvalue weighted by Gasteiger charge is 2.41. The third-order valence-electron chi connectivity index (χ3n) is 6.21. The Morgan fingerprint density at radius 1 is 1.00 bits per heavy atom. The average molecular weight is 330 g/mol. The van der Waals surface area contributed by atoms with E-state index in [4.69, 9.17) is 0 Å². The lowest BCUT2D eigenvalue weighted by Gasteiger charge is -2.35. The van der Waals surface area contributed by atoms with Crippen molar-refractivity contribution in [2.75, 3.05) is 0 Å². The van der Waals surface area contributed by atoms with Gasteiger partial charge in [-0.2, -0.15) is 13.2 Å². The number of halogens is 3. The molecule has 2 aliphatic carbocycles. The van der Waals surface area contributed by atoms with Gasteiger partial charge in [-0.3, -0.25) is 0 Å². The van der Waals surface area contributed by atoms with Crippen LogP contribution in [0.15, 0.2) is 11.6 Å². The van der Waals surface area contributed by atoms with E-state index in [1.54, 1.807) is 0 Å². The highest BCUT2D eigenvalue weighted by molar-refractivity contribution is 5.12. The second kappa shape index (κ2) is 8.07. The van der Waals surface area contributed by atoms with Crippen LogP contribution in [0.5, 0.6) is 0 Å². The van der Waals surface area contributed by atoms with Gasteiger partial charge in [-0.05, 0) is 68.6 Å². The molecule has 0 N–H and O–H groups in total. The molecule has 0 heterocycles. The largest absolute Gasteiger partial charge is 0.391 e. The molecular weight excluding hydrogens is 297 g/mol. The minimum Gasteiger partial charge on any atom is -0.171 e. The first-order chi connectivity index (χ1) is 10.8. The monoisotopic (exact) mass is 330 g/mol. The van der Waals surface area contributed by atoms with E-state index < -0.39 is 12.1 Å². The predicted molar refractivity (Wildman–Crippen MR) is 90.2 cm³/mol. The average Bonchev–Trinajstić information content (AvgIpc) is 2.52. The van der Waals surface area contributed by atoms with Gasteiger partial charge in [0.1, 0.15) is 0 Å². The summed E-state index contributed by atoms with van der Waals surface area (Å²) in [7, 11) is 0. The normalized spacial score (nSPS) is 31.1. The van der Waals surface area contributed by atoms with Gasteiger partial charge in [-0.15, -0.1) is 0 Å². The van der Waals surface area contributed by atoms with Gasteiger partial charge in [-0.25, -0.2) is 0 Å². The Hall–Kier alpha value is -0.470. The highest BCUT2D eigenvalue weighted by Crippen LogP contribution is 2.44. The van der Waals surface area contributed by atoms with Crippen molar-refractivity contribution >= 4 is 0 Å². The molecular formula is C20H33F3. The number of alkyl halides is 3. The molecule has 2 unspecified atom stereocenters. The zero-order chi connectivity index (χ0) is 17.0. The molecule has 0 aliphatic heterocycles. The molecule has 3 heteroatoms. The van der Waals surface area contributed by atoms with Gasteiger partial charge in [0, 0.05) is 0 Å². The smallest absolute Gasteiger partial charge is 0.171 e. The second-order valence-corrected chi connectivity index (χ2v) is 8.35. The van der Waals surface area contributed by atoms with E-state index in [1.165, 1.54) is 24.8 Å². The molecule has 1 fully saturated rings. The molecule has 2 rings (SSSR count). The highest BCUT2D eigenvalue weighted by atomic mass is 19.4. The van der Waals surface area contributed by atoms with E-state index in [2.05, 4.69) is 26.8 Å². The Labute approximate surface area is 139 Å². The summed E-state index contributed by atoms with van der Waals surface area (Å²) in [5, 5.41) is 0. The molecule has 2 aliphatic rings. The maximum Gasteiger partial charge on any atom is 0.391 e. The summed E-state index contributed by atoms with van der Waals surface area (Å²) in [6.07, 6.45) is 6.67. The van der Waals surface area contributed by atoms with Crippen molar-refractivity contribution in [2.45, 2.75) is 84.7 Å². The summed E-state index contributed by atoms with van der Waals surface area (Å²) in [5.74, 6) is 1.71. The van der Waals surface area contributed by atoms with Crippen LogP contribution >= 0.6 is 0 Å². The molecule has 0 spiro atoms. The van der Waals surface area contributed by atoms with E-state index in [9.17, 15) is 13.2 Å². The SMILES string of the molecule is CC(C)CCC(C)C1CC=C(C2CCC(C(F)(F)F)CC2)CC1. The topological polar surface area (TPSA) is 0 Å². The first kappa shape index (κ1) is 18.9. The van der Waals surface area contributed by atoms with Crippen LogP contribution in [0.3, 0.4) is 0 Å². The van der Waals surface area contributed by atoms with Crippen molar-refractivity contribution in [1.82, 2.24) is 0 Å². The Morgan fingerprint density at radius 3 is 2.13 bits per heavy atom. The summed E-state index contributed by atoms with van der Waals surface area (Å²) in [5.41, 5.74) is 1.47. The van der Waals surface area contributed by atoms with Crippen LogP contribution < -0.4 is 0 Å². The Kier molecular flexibility index (Phi) is 6.62. The molecule has 0 amide bonds. The van der Waals surface area contributed by atoms with Gasteiger partial charge in [-0.1, -0.05) is 45.3 Å². The number of allylic oxidation sites excluding steroid dienone is 2. The minimum absolute atomic E-state index is 0.333. The Balaban J connectivity index is 1.79. The molecule has 23 heavy (non-hydrogen) atoms. The Bertz CT molecular complexity index is 386. The quantitative estimate of drug-likeness (QED) is 0.469. The van der Waals surface area contributed by atoms with Crippen LogP contribution in [0.25, 0.3) is 0 Å². The molecule has 0 radical (unpaired) electrons. The van der Waals surface area contributed by atoms with Gasteiger partial charge >= 0.3 is 6.18 Å². The standard InChI is InChI=1S/C20H33F3/c1-14(2)4-5-15(3)16-6-8-17(9-7-16)18-10-12-19(13-11-18)20(21,22)23/h8,14-16,18-19H,4-7,9-13H2,1-3H3. The van der Waals surface area contributed by atoms with Crippen LogP contribution in [0.4, 0.5) is 13.2 Å². The molecule has 1 saturated carbocycles. The molecule has 0 aromatic rings. The zero-order valence-corrected chi connectivity index (χ0v) is 15.0. The second-order valence-electron chi connectivity index (χ2n) is 8.35. The summed E-state index contributed by atoms with van der Waals surface area (Å²) < 4.78 is 38.3. The first-order valence-electron chi connectivity index (χ1n) is 9.53. The fraction of sp³-hybridized carbons (Fsp3) is 0.900. The molecule has 0 nitrogen and oxygen atoms in total. The van der Waals surface area contributed by atoms with E-state index in [-0.39, 0.29) is 0 Å². The number of hydrogen-bond donors (Lipinski definition) is 0. The van der Waals surface area contributed by atoms with E-state index >= 15 is 0 Å².